The van der Waals surface area contributed by atoms with Crippen LogP contribution in [0.5, 0.6) is 5.75 Å². The summed E-state index contributed by atoms with van der Waals surface area (Å²) in [6.07, 6.45) is 1.13. The largest absolute Gasteiger partial charge is 0.508 e. The van der Waals surface area contributed by atoms with Crippen LogP contribution in [0.2, 0.25) is 0 Å². The van der Waals surface area contributed by atoms with E-state index in [0.717, 1.165) is 6.26 Å². The maximum absolute atomic E-state index is 12.6. The van der Waals surface area contributed by atoms with Gasteiger partial charge in [-0.25, -0.2) is 26.6 Å². The second kappa shape index (κ2) is 8.69. The van der Waals surface area contributed by atoms with E-state index >= 15 is 0 Å². The first-order valence-electron chi connectivity index (χ1n) is 7.99. The standard InChI is InChI=1S/C17H20N2O7S2/c1-27(23,24)18-10-13-2-4-14(5-3-13)17(19(22)12-20)11-28(25,26)16-8-6-15(21)7-9-16/h2-9,12,17-18,21-22H,10-11H2,1H3. The third-order valence-electron chi connectivity index (χ3n) is 3.90. The van der Waals surface area contributed by atoms with E-state index in [1.54, 1.807) is 12.1 Å². The van der Waals surface area contributed by atoms with Gasteiger partial charge in [0.15, 0.2) is 9.84 Å². The normalized spacial score (nSPS) is 13.1. The number of nitrogens with one attached hydrogen (secondary N) is 1. The van der Waals surface area contributed by atoms with Gasteiger partial charge in [-0.3, -0.25) is 10.0 Å². The fraction of sp³-hybridized carbons (Fsp3) is 0.235. The fourth-order valence-electron chi connectivity index (χ4n) is 2.43. The third-order valence-corrected chi connectivity index (χ3v) is 6.32. The monoisotopic (exact) mass is 428 g/mol. The molecule has 0 heterocycles. The Bertz CT molecular complexity index is 1020. The molecule has 0 fully saturated rings. The van der Waals surface area contributed by atoms with Crippen molar-refractivity contribution in [2.45, 2.75) is 17.5 Å². The molecule has 0 saturated carbocycles. The summed E-state index contributed by atoms with van der Waals surface area (Å²) in [7, 11) is -7.25. The Morgan fingerprint density at radius 3 is 2.11 bits per heavy atom. The number of hydroxylamine groups is 2. The Balaban J connectivity index is 2.26. The van der Waals surface area contributed by atoms with E-state index < -0.39 is 31.7 Å². The van der Waals surface area contributed by atoms with Crippen molar-refractivity contribution in [3.63, 3.8) is 0 Å². The molecule has 0 aliphatic heterocycles. The molecule has 0 bridgehead atoms. The van der Waals surface area contributed by atoms with Crippen LogP contribution < -0.4 is 4.72 Å². The Hall–Kier alpha value is -2.47. The van der Waals surface area contributed by atoms with Gasteiger partial charge in [0, 0.05) is 6.54 Å². The summed E-state index contributed by atoms with van der Waals surface area (Å²) in [5, 5.41) is 19.4. The molecule has 9 nitrogen and oxygen atoms in total. The predicted molar refractivity (Wildman–Crippen MR) is 101 cm³/mol. The van der Waals surface area contributed by atoms with Gasteiger partial charge in [0.25, 0.3) is 0 Å². The summed E-state index contributed by atoms with van der Waals surface area (Å²) in [4.78, 5) is 11.0. The number of phenolic OH excluding ortho intramolecular Hbond substituents is 1. The van der Waals surface area contributed by atoms with Crippen LogP contribution in [0.1, 0.15) is 17.2 Å². The number of aromatic hydroxyl groups is 1. The first-order chi connectivity index (χ1) is 13.0. The van der Waals surface area contributed by atoms with Crippen LogP contribution >= 0.6 is 0 Å². The summed E-state index contributed by atoms with van der Waals surface area (Å²) in [6.45, 7) is 0.0477. The molecule has 0 spiro atoms. The van der Waals surface area contributed by atoms with Crippen LogP contribution in [0.3, 0.4) is 0 Å². The van der Waals surface area contributed by atoms with Gasteiger partial charge in [0.2, 0.25) is 16.4 Å². The SMILES string of the molecule is CS(=O)(=O)NCc1ccc(C(CS(=O)(=O)c2ccc(O)cc2)N(O)C=O)cc1. The molecule has 1 unspecified atom stereocenters. The minimum absolute atomic E-state index is 0.0477. The number of sulfone groups is 1. The third kappa shape index (κ3) is 6.02. The number of hydrogen-bond acceptors (Lipinski definition) is 7. The zero-order chi connectivity index (χ0) is 20.9. The van der Waals surface area contributed by atoms with Crippen molar-refractivity contribution in [1.29, 1.82) is 0 Å². The van der Waals surface area contributed by atoms with Crippen LogP contribution in [0.15, 0.2) is 53.4 Å². The number of nitrogens with zero attached hydrogens (tertiary/aromatic N) is 1. The lowest BCUT2D eigenvalue weighted by Gasteiger charge is -2.23. The number of sulfonamides is 1. The predicted octanol–water partition coefficient (Wildman–Crippen LogP) is 0.804. The van der Waals surface area contributed by atoms with Gasteiger partial charge in [-0.1, -0.05) is 24.3 Å². The van der Waals surface area contributed by atoms with Gasteiger partial charge in [0.1, 0.15) is 5.75 Å². The molecule has 11 heteroatoms. The highest BCUT2D eigenvalue weighted by Gasteiger charge is 2.27. The summed E-state index contributed by atoms with van der Waals surface area (Å²) in [5.74, 6) is -0.681. The van der Waals surface area contributed by atoms with Gasteiger partial charge < -0.3 is 5.11 Å². The van der Waals surface area contributed by atoms with Crippen molar-refractivity contribution in [1.82, 2.24) is 9.79 Å². The number of hydrogen-bond donors (Lipinski definition) is 3. The van der Waals surface area contributed by atoms with Gasteiger partial charge in [0.05, 0.1) is 22.9 Å². The average Bonchev–Trinajstić information content (AvgIpc) is 2.64. The van der Waals surface area contributed by atoms with Crippen molar-refractivity contribution in [2.24, 2.45) is 0 Å². The number of amides is 1. The van der Waals surface area contributed by atoms with E-state index in [1.165, 1.54) is 36.4 Å². The first kappa shape index (κ1) is 21.8. The van der Waals surface area contributed by atoms with Crippen LogP contribution in [-0.2, 0) is 31.2 Å². The molecule has 0 radical (unpaired) electrons. The van der Waals surface area contributed by atoms with Gasteiger partial charge in [-0.05, 0) is 35.4 Å². The molecule has 0 aliphatic carbocycles. The zero-order valence-electron chi connectivity index (χ0n) is 14.9. The molecule has 2 rings (SSSR count). The van der Waals surface area contributed by atoms with E-state index in [2.05, 4.69) is 4.72 Å². The minimum Gasteiger partial charge on any atom is -0.508 e. The number of benzene rings is 2. The van der Waals surface area contributed by atoms with Crippen LogP contribution in [-0.4, -0.2) is 50.6 Å². The fourth-order valence-corrected chi connectivity index (χ4v) is 4.36. The molecule has 0 aliphatic rings. The number of phenols is 1. The lowest BCUT2D eigenvalue weighted by Crippen LogP contribution is -2.30. The van der Waals surface area contributed by atoms with Crippen molar-refractivity contribution in [3.05, 3.63) is 59.7 Å². The van der Waals surface area contributed by atoms with Crippen LogP contribution in [0.4, 0.5) is 0 Å². The Labute approximate surface area is 163 Å². The summed E-state index contributed by atoms with van der Waals surface area (Å²) < 4.78 is 49.9. The van der Waals surface area contributed by atoms with Crippen molar-refractivity contribution in [2.75, 3.05) is 12.0 Å². The Morgan fingerprint density at radius 2 is 1.61 bits per heavy atom. The second-order valence-corrected chi connectivity index (χ2v) is 9.98. The molecule has 0 saturated heterocycles. The second-order valence-electron chi connectivity index (χ2n) is 6.11. The molecule has 2 aromatic carbocycles. The van der Waals surface area contributed by atoms with Crippen LogP contribution in [0, 0.1) is 0 Å². The van der Waals surface area contributed by atoms with E-state index in [4.69, 9.17) is 0 Å². The lowest BCUT2D eigenvalue weighted by atomic mass is 10.1. The Kier molecular flexibility index (Phi) is 6.77. The quantitative estimate of drug-likeness (QED) is 0.305. The molecule has 1 amide bonds. The molecule has 28 heavy (non-hydrogen) atoms. The number of carbonyl (C=O) groups is 1. The number of carbonyl (C=O) groups excluding carboxylic acids is 1. The number of rotatable bonds is 9. The molecular formula is C17H20N2O7S2. The molecular weight excluding hydrogens is 408 g/mol. The molecule has 152 valence electrons. The maximum Gasteiger partial charge on any atom is 0.233 e. The van der Waals surface area contributed by atoms with Gasteiger partial charge in [-0.2, -0.15) is 0 Å². The highest BCUT2D eigenvalue weighted by molar-refractivity contribution is 7.91. The smallest absolute Gasteiger partial charge is 0.233 e. The maximum atomic E-state index is 12.6. The minimum atomic E-state index is -3.88. The molecule has 1 atom stereocenters. The van der Waals surface area contributed by atoms with E-state index in [0.29, 0.717) is 11.1 Å². The molecule has 0 aromatic heterocycles. The summed E-state index contributed by atoms with van der Waals surface area (Å²) in [6, 6.07) is 9.86. The molecule has 2 aromatic rings. The van der Waals surface area contributed by atoms with Crippen molar-refractivity contribution in [3.8, 4) is 5.75 Å². The molecule has 3 N–H and O–H groups in total. The highest BCUT2D eigenvalue weighted by Crippen LogP contribution is 2.25. The average molecular weight is 428 g/mol. The van der Waals surface area contributed by atoms with E-state index in [9.17, 15) is 31.9 Å². The van der Waals surface area contributed by atoms with Gasteiger partial charge in [-0.15, -0.1) is 0 Å². The lowest BCUT2D eigenvalue weighted by molar-refractivity contribution is -0.158. The summed E-state index contributed by atoms with van der Waals surface area (Å²) >= 11 is 0. The van der Waals surface area contributed by atoms with Crippen LogP contribution in [0.25, 0.3) is 0 Å². The summed E-state index contributed by atoms with van der Waals surface area (Å²) in [5.41, 5.74) is 0.963. The Morgan fingerprint density at radius 1 is 1.04 bits per heavy atom. The van der Waals surface area contributed by atoms with Crippen molar-refractivity contribution >= 4 is 26.3 Å². The van der Waals surface area contributed by atoms with E-state index in [1.807, 2.05) is 0 Å². The zero-order valence-corrected chi connectivity index (χ0v) is 16.5. The first-order valence-corrected chi connectivity index (χ1v) is 11.5. The highest BCUT2D eigenvalue weighted by atomic mass is 32.2. The topological polar surface area (TPSA) is 141 Å². The van der Waals surface area contributed by atoms with Gasteiger partial charge >= 0.3 is 0 Å². The van der Waals surface area contributed by atoms with E-state index in [-0.39, 0.29) is 28.7 Å². The van der Waals surface area contributed by atoms with Crippen molar-refractivity contribution < 1.29 is 31.9 Å².